The van der Waals surface area contributed by atoms with E-state index >= 15 is 0 Å². The SMILES string of the molecule is CC(C)OCCCN1C(=O)c2oc3ccc(F)cc3c(=O)c2[C@H]1c1ccc(Br)cc1. The number of fused-ring (bicyclic) bond motifs is 2. The van der Waals surface area contributed by atoms with Gasteiger partial charge in [0.2, 0.25) is 5.76 Å². The number of rotatable bonds is 6. The third-order valence-corrected chi connectivity index (χ3v) is 5.64. The second-order valence-electron chi connectivity index (χ2n) is 7.54. The number of hydrogen-bond donors (Lipinski definition) is 0. The lowest BCUT2D eigenvalue weighted by Gasteiger charge is -2.25. The lowest BCUT2D eigenvalue weighted by molar-refractivity contribution is 0.0593. The molecule has 0 unspecified atom stereocenters. The maximum absolute atomic E-state index is 13.8. The minimum absolute atomic E-state index is 0.0248. The smallest absolute Gasteiger partial charge is 0.290 e. The normalized spacial score (nSPS) is 16.0. The van der Waals surface area contributed by atoms with Gasteiger partial charge in [-0.2, -0.15) is 0 Å². The minimum atomic E-state index is -0.594. The topological polar surface area (TPSA) is 59.8 Å². The molecule has 0 saturated carbocycles. The van der Waals surface area contributed by atoms with E-state index in [0.717, 1.165) is 16.1 Å². The standard InChI is InChI=1S/C23H21BrFNO4/c1-13(2)29-11-3-10-26-20(14-4-6-15(24)7-5-14)19-21(27)17-12-16(25)8-9-18(17)30-22(19)23(26)28/h4-9,12-13,20H,3,10-11H2,1-2H3/t20-/m1/s1. The summed E-state index contributed by atoms with van der Waals surface area (Å²) < 4.78 is 26.1. The first-order chi connectivity index (χ1) is 14.4. The van der Waals surface area contributed by atoms with Crippen LogP contribution in [0.4, 0.5) is 4.39 Å². The number of hydrogen-bond acceptors (Lipinski definition) is 4. The zero-order valence-corrected chi connectivity index (χ0v) is 18.2. The van der Waals surface area contributed by atoms with Crippen molar-refractivity contribution in [1.29, 1.82) is 0 Å². The predicted octanol–water partition coefficient (Wildman–Crippen LogP) is 5.05. The average Bonchev–Trinajstić information content (AvgIpc) is 2.99. The van der Waals surface area contributed by atoms with Crippen LogP contribution in [0.15, 0.2) is 56.1 Å². The Morgan fingerprint density at radius 3 is 2.60 bits per heavy atom. The third-order valence-electron chi connectivity index (χ3n) is 5.11. The number of carbonyl (C=O) groups excluding carboxylic acids is 1. The Labute approximate surface area is 181 Å². The first-order valence-corrected chi connectivity index (χ1v) is 10.6. The first kappa shape index (κ1) is 20.8. The molecule has 0 radical (unpaired) electrons. The summed E-state index contributed by atoms with van der Waals surface area (Å²) in [7, 11) is 0. The maximum Gasteiger partial charge on any atom is 0.290 e. The average molecular weight is 474 g/mol. The van der Waals surface area contributed by atoms with Crippen LogP contribution in [0.1, 0.15) is 48.0 Å². The molecule has 156 valence electrons. The van der Waals surface area contributed by atoms with Gasteiger partial charge in [-0.15, -0.1) is 0 Å². The van der Waals surface area contributed by atoms with Crippen molar-refractivity contribution in [2.45, 2.75) is 32.4 Å². The molecular formula is C23H21BrFNO4. The first-order valence-electron chi connectivity index (χ1n) is 9.81. The fourth-order valence-corrected chi connectivity index (χ4v) is 4.03. The lowest BCUT2D eigenvalue weighted by atomic mass is 9.98. The number of carbonyl (C=O) groups is 1. The summed E-state index contributed by atoms with van der Waals surface area (Å²) in [6, 6.07) is 10.6. The van der Waals surface area contributed by atoms with Crippen LogP contribution in [-0.4, -0.2) is 30.1 Å². The largest absolute Gasteiger partial charge is 0.450 e. The van der Waals surface area contributed by atoms with E-state index in [1.807, 2.05) is 38.1 Å². The molecule has 2 aromatic carbocycles. The van der Waals surface area contributed by atoms with E-state index in [0.29, 0.717) is 19.6 Å². The van der Waals surface area contributed by atoms with Crippen LogP contribution < -0.4 is 5.43 Å². The number of halogens is 2. The fourth-order valence-electron chi connectivity index (χ4n) is 3.77. The number of nitrogens with zero attached hydrogens (tertiary/aromatic N) is 1. The summed E-state index contributed by atoms with van der Waals surface area (Å²) in [6.07, 6.45) is 0.718. The van der Waals surface area contributed by atoms with Crippen molar-refractivity contribution in [2.75, 3.05) is 13.2 Å². The van der Waals surface area contributed by atoms with Gasteiger partial charge in [0.15, 0.2) is 5.43 Å². The van der Waals surface area contributed by atoms with E-state index in [-0.39, 0.29) is 39.7 Å². The van der Waals surface area contributed by atoms with E-state index in [2.05, 4.69) is 15.9 Å². The molecule has 4 rings (SSSR count). The Bertz CT molecular complexity index is 1160. The lowest BCUT2D eigenvalue weighted by Crippen LogP contribution is -2.31. The molecule has 7 heteroatoms. The van der Waals surface area contributed by atoms with Crippen molar-refractivity contribution in [3.05, 3.63) is 79.9 Å². The number of amides is 1. The van der Waals surface area contributed by atoms with E-state index in [1.165, 1.54) is 12.1 Å². The van der Waals surface area contributed by atoms with Crippen molar-refractivity contribution in [2.24, 2.45) is 0 Å². The molecule has 0 N–H and O–H groups in total. The van der Waals surface area contributed by atoms with Crippen molar-refractivity contribution in [1.82, 2.24) is 4.90 Å². The Morgan fingerprint density at radius 2 is 1.90 bits per heavy atom. The molecule has 2 heterocycles. The molecule has 1 aromatic heterocycles. The molecule has 0 bridgehead atoms. The summed E-state index contributed by atoms with van der Waals surface area (Å²) in [4.78, 5) is 28.1. The van der Waals surface area contributed by atoms with Crippen LogP contribution in [0.3, 0.4) is 0 Å². The van der Waals surface area contributed by atoms with Crippen LogP contribution in [0, 0.1) is 5.82 Å². The Kier molecular flexibility index (Phi) is 5.75. The Balaban J connectivity index is 1.81. The van der Waals surface area contributed by atoms with Gasteiger partial charge in [-0.25, -0.2) is 4.39 Å². The van der Waals surface area contributed by atoms with Crippen LogP contribution in [-0.2, 0) is 4.74 Å². The molecule has 1 aliphatic rings. The quantitative estimate of drug-likeness (QED) is 0.469. The second kappa shape index (κ2) is 8.32. The summed E-state index contributed by atoms with van der Waals surface area (Å²) in [5.41, 5.74) is 0.865. The molecule has 5 nitrogen and oxygen atoms in total. The van der Waals surface area contributed by atoms with Gasteiger partial charge >= 0.3 is 0 Å². The summed E-state index contributed by atoms with van der Waals surface area (Å²) in [5.74, 6) is -0.843. The minimum Gasteiger partial charge on any atom is -0.450 e. The molecule has 0 aliphatic carbocycles. The molecule has 30 heavy (non-hydrogen) atoms. The van der Waals surface area contributed by atoms with Gasteiger partial charge in [-0.05, 0) is 56.2 Å². The molecule has 0 spiro atoms. The van der Waals surface area contributed by atoms with Gasteiger partial charge in [0.05, 0.1) is 23.1 Å². The molecule has 0 fully saturated rings. The predicted molar refractivity (Wildman–Crippen MR) is 115 cm³/mol. The monoisotopic (exact) mass is 473 g/mol. The highest BCUT2D eigenvalue weighted by molar-refractivity contribution is 9.10. The molecule has 1 atom stereocenters. The van der Waals surface area contributed by atoms with Gasteiger partial charge in [0.25, 0.3) is 5.91 Å². The van der Waals surface area contributed by atoms with Crippen LogP contribution in [0.5, 0.6) is 0 Å². The van der Waals surface area contributed by atoms with Gasteiger partial charge in [-0.1, -0.05) is 28.1 Å². The van der Waals surface area contributed by atoms with Gasteiger partial charge in [-0.3, -0.25) is 9.59 Å². The zero-order chi connectivity index (χ0) is 21.4. The second-order valence-corrected chi connectivity index (χ2v) is 8.46. The highest BCUT2D eigenvalue weighted by atomic mass is 79.9. The number of ether oxygens (including phenoxy) is 1. The van der Waals surface area contributed by atoms with Crippen molar-refractivity contribution in [3.8, 4) is 0 Å². The van der Waals surface area contributed by atoms with Gasteiger partial charge < -0.3 is 14.1 Å². The Hall–Kier alpha value is -2.51. The molecular weight excluding hydrogens is 453 g/mol. The molecule has 3 aromatic rings. The van der Waals surface area contributed by atoms with E-state index < -0.39 is 11.9 Å². The van der Waals surface area contributed by atoms with Crippen molar-refractivity contribution >= 4 is 32.8 Å². The summed E-state index contributed by atoms with van der Waals surface area (Å²) >= 11 is 3.41. The molecule has 1 aliphatic heterocycles. The maximum atomic E-state index is 13.8. The molecule has 1 amide bonds. The van der Waals surface area contributed by atoms with Crippen LogP contribution >= 0.6 is 15.9 Å². The highest BCUT2D eigenvalue weighted by Crippen LogP contribution is 2.38. The molecule has 0 saturated heterocycles. The summed E-state index contributed by atoms with van der Waals surface area (Å²) in [5, 5.41) is 0.133. The Morgan fingerprint density at radius 1 is 1.17 bits per heavy atom. The summed E-state index contributed by atoms with van der Waals surface area (Å²) in [6.45, 7) is 4.81. The van der Waals surface area contributed by atoms with Crippen LogP contribution in [0.2, 0.25) is 0 Å². The van der Waals surface area contributed by atoms with Gasteiger partial charge in [0, 0.05) is 17.6 Å². The highest BCUT2D eigenvalue weighted by Gasteiger charge is 2.42. The van der Waals surface area contributed by atoms with E-state index in [4.69, 9.17) is 9.15 Å². The van der Waals surface area contributed by atoms with E-state index in [1.54, 1.807) is 4.90 Å². The van der Waals surface area contributed by atoms with Crippen LogP contribution in [0.25, 0.3) is 11.0 Å². The van der Waals surface area contributed by atoms with Gasteiger partial charge in [0.1, 0.15) is 11.4 Å². The zero-order valence-electron chi connectivity index (χ0n) is 16.7. The van der Waals surface area contributed by atoms with Crippen molar-refractivity contribution in [3.63, 3.8) is 0 Å². The van der Waals surface area contributed by atoms with E-state index in [9.17, 15) is 14.0 Å². The fraction of sp³-hybridized carbons (Fsp3) is 0.304. The number of benzene rings is 2. The third kappa shape index (κ3) is 3.79. The van der Waals surface area contributed by atoms with Crippen molar-refractivity contribution < 1.29 is 18.3 Å².